The monoisotopic (exact) mass is 373 g/mol. The van der Waals surface area contributed by atoms with Gasteiger partial charge >= 0.3 is 5.97 Å². The van der Waals surface area contributed by atoms with Gasteiger partial charge in [-0.15, -0.1) is 0 Å². The minimum Gasteiger partial charge on any atom is -0.497 e. The Morgan fingerprint density at radius 3 is 2.59 bits per heavy atom. The van der Waals surface area contributed by atoms with Crippen molar-refractivity contribution in [3.05, 3.63) is 30.2 Å². The van der Waals surface area contributed by atoms with Crippen LogP contribution in [0.15, 0.2) is 28.8 Å². The maximum absolute atomic E-state index is 12.1. The zero-order valence-corrected chi connectivity index (χ0v) is 15.2. The molecular formula is C19H23N3O5. The third kappa shape index (κ3) is 4.45. The van der Waals surface area contributed by atoms with E-state index in [1.54, 1.807) is 7.11 Å². The van der Waals surface area contributed by atoms with Gasteiger partial charge in [0.25, 0.3) is 0 Å². The lowest BCUT2D eigenvalue weighted by atomic mass is 9.97. The van der Waals surface area contributed by atoms with E-state index in [0.29, 0.717) is 37.4 Å². The molecule has 0 bridgehead atoms. The summed E-state index contributed by atoms with van der Waals surface area (Å²) in [5, 5.41) is 16.1. The number of methoxy groups -OCH3 is 1. The second-order valence-electron chi connectivity index (χ2n) is 6.74. The van der Waals surface area contributed by atoms with Crippen LogP contribution in [-0.2, 0) is 16.0 Å². The lowest BCUT2D eigenvalue weighted by Gasteiger charge is -2.25. The molecule has 0 saturated heterocycles. The summed E-state index contributed by atoms with van der Waals surface area (Å²) in [6.07, 6.45) is 3.80. The molecule has 0 radical (unpaired) electrons. The third-order valence-electron chi connectivity index (χ3n) is 4.86. The van der Waals surface area contributed by atoms with E-state index in [0.717, 1.165) is 24.2 Å². The number of carboxylic acid groups (broad SMARTS) is 1. The Bertz CT molecular complexity index is 794. The molecule has 144 valence electrons. The molecule has 1 heterocycles. The lowest BCUT2D eigenvalue weighted by molar-refractivity contribution is -0.147. The number of ether oxygens (including phenoxy) is 1. The largest absolute Gasteiger partial charge is 0.497 e. The molecular weight excluding hydrogens is 350 g/mol. The van der Waals surface area contributed by atoms with Crippen LogP contribution < -0.4 is 10.1 Å². The van der Waals surface area contributed by atoms with Crippen LogP contribution in [0.5, 0.6) is 5.75 Å². The Morgan fingerprint density at radius 2 is 1.96 bits per heavy atom. The normalized spacial score (nSPS) is 15.4. The number of aliphatic carboxylic acids is 1. The van der Waals surface area contributed by atoms with Crippen molar-refractivity contribution < 1.29 is 24.0 Å². The standard InChI is InChI=1S/C19H23N3O5/c1-26-14-9-7-13(8-10-14)17-20-16(27-22-17)6-4-5-15(23)21-19(18(24)25)11-2-3-12-19/h7-10H,2-6,11-12H2,1H3,(H,21,23)(H,24,25). The molecule has 27 heavy (non-hydrogen) atoms. The number of carbonyl (C=O) groups excluding carboxylic acids is 1. The highest BCUT2D eigenvalue weighted by Crippen LogP contribution is 2.30. The third-order valence-corrected chi connectivity index (χ3v) is 4.86. The van der Waals surface area contributed by atoms with E-state index >= 15 is 0 Å². The van der Waals surface area contributed by atoms with Gasteiger partial charge in [0.05, 0.1) is 7.11 Å². The van der Waals surface area contributed by atoms with Crippen molar-refractivity contribution in [1.82, 2.24) is 15.5 Å². The molecule has 0 aliphatic heterocycles. The van der Waals surface area contributed by atoms with Crippen LogP contribution in [0.3, 0.4) is 0 Å². The van der Waals surface area contributed by atoms with Crippen LogP contribution in [0.4, 0.5) is 0 Å². The zero-order valence-electron chi connectivity index (χ0n) is 15.2. The number of benzene rings is 1. The molecule has 1 fully saturated rings. The number of carbonyl (C=O) groups is 2. The van der Waals surface area contributed by atoms with E-state index in [2.05, 4.69) is 15.5 Å². The molecule has 1 amide bonds. The first-order valence-corrected chi connectivity index (χ1v) is 9.04. The van der Waals surface area contributed by atoms with Gasteiger partial charge in [-0.25, -0.2) is 4.79 Å². The number of aryl methyl sites for hydroxylation is 1. The fourth-order valence-corrected chi connectivity index (χ4v) is 3.31. The smallest absolute Gasteiger partial charge is 0.329 e. The van der Waals surface area contributed by atoms with Crippen LogP contribution in [0.2, 0.25) is 0 Å². The second kappa shape index (κ2) is 8.20. The Hall–Kier alpha value is -2.90. The number of nitrogens with zero attached hydrogens (tertiary/aromatic N) is 2. The van der Waals surface area contributed by atoms with E-state index in [-0.39, 0.29) is 12.3 Å². The van der Waals surface area contributed by atoms with Gasteiger partial charge in [0.2, 0.25) is 17.6 Å². The minimum absolute atomic E-state index is 0.218. The van der Waals surface area contributed by atoms with Crippen molar-refractivity contribution in [3.8, 4) is 17.1 Å². The van der Waals surface area contributed by atoms with Crippen molar-refractivity contribution in [2.24, 2.45) is 0 Å². The van der Waals surface area contributed by atoms with E-state index in [4.69, 9.17) is 9.26 Å². The topological polar surface area (TPSA) is 115 Å². The van der Waals surface area contributed by atoms with Crippen molar-refractivity contribution in [2.45, 2.75) is 50.5 Å². The summed E-state index contributed by atoms with van der Waals surface area (Å²) in [6.45, 7) is 0. The highest BCUT2D eigenvalue weighted by molar-refractivity contribution is 5.87. The fourth-order valence-electron chi connectivity index (χ4n) is 3.31. The van der Waals surface area contributed by atoms with Crippen molar-refractivity contribution >= 4 is 11.9 Å². The van der Waals surface area contributed by atoms with Crippen LogP contribution in [-0.4, -0.2) is 39.8 Å². The van der Waals surface area contributed by atoms with Gasteiger partial charge < -0.3 is 19.7 Å². The average molecular weight is 373 g/mol. The summed E-state index contributed by atoms with van der Waals surface area (Å²) in [7, 11) is 1.60. The molecule has 1 aliphatic carbocycles. The SMILES string of the molecule is COc1ccc(-c2noc(CCCC(=O)NC3(C(=O)O)CCCC3)n2)cc1. The van der Waals surface area contributed by atoms with Gasteiger partial charge in [-0.2, -0.15) is 4.98 Å². The fraction of sp³-hybridized carbons (Fsp3) is 0.474. The predicted molar refractivity (Wildman–Crippen MR) is 96.2 cm³/mol. The van der Waals surface area contributed by atoms with E-state index in [1.807, 2.05) is 24.3 Å². The molecule has 3 rings (SSSR count). The summed E-state index contributed by atoms with van der Waals surface area (Å²) >= 11 is 0. The maximum atomic E-state index is 12.1. The first-order chi connectivity index (χ1) is 13.0. The zero-order chi connectivity index (χ0) is 19.3. The first-order valence-electron chi connectivity index (χ1n) is 9.04. The summed E-state index contributed by atoms with van der Waals surface area (Å²) < 4.78 is 10.3. The molecule has 8 nitrogen and oxygen atoms in total. The summed E-state index contributed by atoms with van der Waals surface area (Å²) in [6, 6.07) is 7.32. The number of nitrogens with one attached hydrogen (secondary N) is 1. The van der Waals surface area contributed by atoms with Gasteiger partial charge in [0.15, 0.2) is 0 Å². The molecule has 0 unspecified atom stereocenters. The van der Waals surface area contributed by atoms with E-state index in [9.17, 15) is 14.7 Å². The Morgan fingerprint density at radius 1 is 1.26 bits per heavy atom. The molecule has 8 heteroatoms. The van der Waals surface area contributed by atoms with E-state index in [1.165, 1.54) is 0 Å². The second-order valence-corrected chi connectivity index (χ2v) is 6.74. The molecule has 1 saturated carbocycles. The average Bonchev–Trinajstić information content (AvgIpc) is 3.32. The first kappa shape index (κ1) is 18.9. The molecule has 1 aromatic carbocycles. The number of hydrogen-bond donors (Lipinski definition) is 2. The van der Waals surface area contributed by atoms with Gasteiger partial charge in [-0.05, 0) is 43.5 Å². The molecule has 1 aromatic heterocycles. The number of hydrogen-bond acceptors (Lipinski definition) is 6. The Labute approximate surface area is 156 Å². The quantitative estimate of drug-likeness (QED) is 0.731. The van der Waals surface area contributed by atoms with Crippen molar-refractivity contribution in [2.75, 3.05) is 7.11 Å². The van der Waals surface area contributed by atoms with Crippen molar-refractivity contribution in [1.29, 1.82) is 0 Å². The highest BCUT2D eigenvalue weighted by atomic mass is 16.5. The molecule has 1 aliphatic rings. The number of rotatable bonds is 8. The summed E-state index contributed by atoms with van der Waals surface area (Å²) in [5.41, 5.74) is -0.281. The molecule has 2 N–H and O–H groups in total. The lowest BCUT2D eigenvalue weighted by Crippen LogP contribution is -2.52. The van der Waals surface area contributed by atoms with Gasteiger partial charge in [-0.3, -0.25) is 4.79 Å². The molecule has 2 aromatic rings. The van der Waals surface area contributed by atoms with Gasteiger partial charge in [0.1, 0.15) is 11.3 Å². The van der Waals surface area contributed by atoms with E-state index < -0.39 is 11.5 Å². The predicted octanol–water partition coefficient (Wildman–Crippen LogP) is 2.58. The maximum Gasteiger partial charge on any atom is 0.329 e. The summed E-state index contributed by atoms with van der Waals surface area (Å²) in [5.74, 6) is 0.466. The number of aromatic nitrogens is 2. The minimum atomic E-state index is -1.09. The van der Waals surface area contributed by atoms with Crippen LogP contribution in [0.25, 0.3) is 11.4 Å². The Kier molecular flexibility index (Phi) is 5.73. The number of amides is 1. The molecule has 0 atom stereocenters. The molecule has 0 spiro atoms. The van der Waals surface area contributed by atoms with Gasteiger partial charge in [-0.1, -0.05) is 18.0 Å². The van der Waals surface area contributed by atoms with Gasteiger partial charge in [0, 0.05) is 18.4 Å². The van der Waals surface area contributed by atoms with Crippen LogP contribution in [0.1, 0.15) is 44.4 Å². The van der Waals surface area contributed by atoms with Crippen molar-refractivity contribution in [3.63, 3.8) is 0 Å². The highest BCUT2D eigenvalue weighted by Gasteiger charge is 2.42. The Balaban J connectivity index is 1.50. The van der Waals surface area contributed by atoms with Crippen LogP contribution >= 0.6 is 0 Å². The number of carboxylic acids is 1. The summed E-state index contributed by atoms with van der Waals surface area (Å²) in [4.78, 5) is 27.9. The van der Waals surface area contributed by atoms with Crippen LogP contribution in [0, 0.1) is 0 Å².